The summed E-state index contributed by atoms with van der Waals surface area (Å²) in [6, 6.07) is 5.59. The fourth-order valence-electron chi connectivity index (χ4n) is 3.19. The molecule has 0 saturated carbocycles. The van der Waals surface area contributed by atoms with Crippen LogP contribution in [0.5, 0.6) is 5.75 Å². The molecule has 1 aromatic carbocycles. The largest absolute Gasteiger partial charge is 0.536 e. The summed E-state index contributed by atoms with van der Waals surface area (Å²) in [7, 11) is -23.2. The predicted molar refractivity (Wildman–Crippen MR) is 121 cm³/mol. The van der Waals surface area contributed by atoms with E-state index in [0.29, 0.717) is 0 Å². The SMILES string of the molecule is O=C1CCN([C@@H]2O[C@H](COP(=O)(O)OP(=O)(O)OP(=O)(O)OP(=O)(O)Oc3ccccc3)[C@@H](O)[C@H]2O)C(=O)N1. The normalized spacial score (nSPS) is 29.9. The van der Waals surface area contributed by atoms with Gasteiger partial charge in [0.25, 0.3) is 0 Å². The summed E-state index contributed by atoms with van der Waals surface area (Å²) >= 11 is 0. The van der Waals surface area contributed by atoms with E-state index < -0.39 is 74.4 Å². The molecule has 2 fully saturated rings. The highest BCUT2D eigenvalue weighted by Gasteiger charge is 2.50. The van der Waals surface area contributed by atoms with Crippen LogP contribution in [0, 0.1) is 0 Å². The first-order valence-corrected chi connectivity index (χ1v) is 16.3. The molecule has 2 saturated heterocycles. The Bertz CT molecular complexity index is 1260. The number of phosphoric acid groups is 4. The van der Waals surface area contributed by atoms with Gasteiger partial charge in [0.15, 0.2) is 6.23 Å². The van der Waals surface area contributed by atoms with E-state index in [9.17, 15) is 57.6 Å². The van der Waals surface area contributed by atoms with E-state index in [-0.39, 0.29) is 18.7 Å². The van der Waals surface area contributed by atoms with Gasteiger partial charge in [0.2, 0.25) is 5.91 Å². The van der Waals surface area contributed by atoms with Gasteiger partial charge >= 0.3 is 37.3 Å². The molecule has 1 aromatic rings. The van der Waals surface area contributed by atoms with Gasteiger partial charge in [0.05, 0.1) is 6.61 Å². The molecule has 2 aliphatic rings. The first-order chi connectivity index (χ1) is 17.9. The number of carbonyl (C=O) groups is 2. The quantitative estimate of drug-likeness (QED) is 0.147. The number of phosphoric ester groups is 2. The number of hydrogen-bond acceptors (Lipinski definition) is 14. The van der Waals surface area contributed by atoms with E-state index in [0.717, 1.165) is 17.0 Å². The number of nitrogens with zero attached hydrogens (tertiary/aromatic N) is 1. The molecule has 3 rings (SSSR count). The number of urea groups is 1. The zero-order chi connectivity index (χ0) is 29.2. The molecule has 220 valence electrons. The zero-order valence-electron chi connectivity index (χ0n) is 19.1. The lowest BCUT2D eigenvalue weighted by atomic mass is 10.1. The average Bonchev–Trinajstić information content (AvgIpc) is 3.04. The first-order valence-electron chi connectivity index (χ1n) is 10.4. The van der Waals surface area contributed by atoms with Crippen LogP contribution in [0.4, 0.5) is 4.79 Å². The third-order valence-electron chi connectivity index (χ3n) is 4.72. The van der Waals surface area contributed by atoms with Gasteiger partial charge < -0.3 is 34.2 Å². The number of imide groups is 1. The molecule has 4 unspecified atom stereocenters. The molecule has 2 aliphatic heterocycles. The van der Waals surface area contributed by atoms with E-state index in [4.69, 9.17) is 4.74 Å². The highest BCUT2D eigenvalue weighted by molar-refractivity contribution is 7.69. The van der Waals surface area contributed by atoms with Crippen LogP contribution in [0.25, 0.3) is 0 Å². The molecule has 0 radical (unpaired) electrons. The minimum Gasteiger partial charge on any atom is -0.404 e. The molecule has 0 spiro atoms. The molecule has 2 heterocycles. The Morgan fingerprint density at radius 1 is 0.872 bits per heavy atom. The third-order valence-corrected chi connectivity index (χ3v) is 10.6. The Morgan fingerprint density at radius 2 is 1.44 bits per heavy atom. The molecule has 20 nitrogen and oxygen atoms in total. The summed E-state index contributed by atoms with van der Waals surface area (Å²) < 4.78 is 73.5. The second-order valence-corrected chi connectivity index (χ2v) is 13.8. The highest BCUT2D eigenvalue weighted by Crippen LogP contribution is 2.71. The zero-order valence-corrected chi connectivity index (χ0v) is 22.7. The van der Waals surface area contributed by atoms with E-state index in [1.54, 1.807) is 0 Å². The van der Waals surface area contributed by atoms with Crippen LogP contribution in [0.3, 0.4) is 0 Å². The lowest BCUT2D eigenvalue weighted by molar-refractivity contribution is -0.125. The van der Waals surface area contributed by atoms with Crippen LogP contribution in [0.1, 0.15) is 6.42 Å². The standard InChI is InChI=1S/C15H22N2O18P4/c18-11-6-7-17(15(21)16-11)14-13(20)12(19)10(31-14)8-30-36(22,23)33-38(26,27)35-39(28,29)34-37(24,25)32-9-4-2-1-3-5-9/h1-5,10,12-14,19-20H,6-8H2,(H,22,23)(H,24,25)(H,26,27)(H,28,29)(H,16,18,21)/t10-,12-,13-,14-/m1/s1. The maximum atomic E-state index is 12.1. The number of benzene rings is 1. The van der Waals surface area contributed by atoms with E-state index in [1.165, 1.54) is 18.2 Å². The molecule has 24 heteroatoms. The van der Waals surface area contributed by atoms with Crippen molar-refractivity contribution in [3.05, 3.63) is 30.3 Å². The Morgan fingerprint density at radius 3 is 2.03 bits per heavy atom. The van der Waals surface area contributed by atoms with Gasteiger partial charge in [-0.3, -0.25) is 24.4 Å². The van der Waals surface area contributed by atoms with Gasteiger partial charge in [-0.1, -0.05) is 18.2 Å². The van der Waals surface area contributed by atoms with Gasteiger partial charge in [-0.2, -0.15) is 12.9 Å². The lowest BCUT2D eigenvalue weighted by Gasteiger charge is -2.32. The maximum Gasteiger partial charge on any atom is 0.536 e. The fraction of sp³-hybridized carbons (Fsp3) is 0.467. The molecular weight excluding hydrogens is 620 g/mol. The van der Waals surface area contributed by atoms with Gasteiger partial charge in [-0.15, -0.1) is 0 Å². The predicted octanol–water partition coefficient (Wildman–Crippen LogP) is -0.0780. The van der Waals surface area contributed by atoms with Gasteiger partial charge in [0, 0.05) is 13.0 Å². The molecular formula is C15H22N2O18P4. The van der Waals surface area contributed by atoms with Crippen molar-refractivity contribution in [1.82, 2.24) is 10.2 Å². The number of nitrogens with one attached hydrogen (secondary N) is 1. The highest BCUT2D eigenvalue weighted by atomic mass is 31.3. The molecule has 39 heavy (non-hydrogen) atoms. The molecule has 8 atom stereocenters. The smallest absolute Gasteiger partial charge is 0.404 e. The second-order valence-electron chi connectivity index (χ2n) is 7.66. The topological polar surface area (TPSA) is 294 Å². The maximum absolute atomic E-state index is 12.1. The summed E-state index contributed by atoms with van der Waals surface area (Å²) in [5.41, 5.74) is 0. The van der Waals surface area contributed by atoms with E-state index >= 15 is 0 Å². The minimum absolute atomic E-state index is 0.149. The van der Waals surface area contributed by atoms with Crippen molar-refractivity contribution in [2.75, 3.05) is 13.2 Å². The first kappa shape index (κ1) is 32.0. The molecule has 0 bridgehead atoms. The van der Waals surface area contributed by atoms with E-state index in [2.05, 4.69) is 22.0 Å². The molecule has 7 N–H and O–H groups in total. The Balaban J connectivity index is 1.56. The number of aliphatic hydroxyl groups excluding tert-OH is 2. The molecule has 0 aromatic heterocycles. The van der Waals surface area contributed by atoms with Crippen molar-refractivity contribution in [3.63, 3.8) is 0 Å². The van der Waals surface area contributed by atoms with Crippen molar-refractivity contribution >= 4 is 43.2 Å². The van der Waals surface area contributed by atoms with Gasteiger partial charge in [0.1, 0.15) is 24.1 Å². The summed E-state index contributed by atoms with van der Waals surface area (Å²) in [5.74, 6) is -0.903. The van der Waals surface area contributed by atoms with Crippen molar-refractivity contribution < 1.29 is 84.4 Å². The second kappa shape index (κ2) is 12.1. The molecule has 0 aliphatic carbocycles. The number of hydrogen-bond donors (Lipinski definition) is 7. The molecule has 3 amide bonds. The van der Waals surface area contributed by atoms with Crippen LogP contribution >= 0.6 is 31.3 Å². The lowest BCUT2D eigenvalue weighted by Crippen LogP contribution is -2.56. The number of rotatable bonds is 12. The summed E-state index contributed by atoms with van der Waals surface area (Å²) in [6.45, 7) is -1.30. The summed E-state index contributed by atoms with van der Waals surface area (Å²) in [5, 5.41) is 22.2. The van der Waals surface area contributed by atoms with Crippen LogP contribution in [0.15, 0.2) is 30.3 Å². The summed E-state index contributed by atoms with van der Waals surface area (Å²) in [6.07, 6.45) is -6.89. The number of amides is 3. The van der Waals surface area contributed by atoms with Crippen molar-refractivity contribution in [2.24, 2.45) is 0 Å². The Kier molecular flexibility index (Phi) is 9.94. The number of ether oxygens (including phenoxy) is 1. The van der Waals surface area contributed by atoms with Crippen molar-refractivity contribution in [1.29, 1.82) is 0 Å². The van der Waals surface area contributed by atoms with Crippen molar-refractivity contribution in [3.8, 4) is 5.75 Å². The number of carbonyl (C=O) groups excluding carboxylic acids is 2. The third kappa shape index (κ3) is 9.23. The fourth-order valence-corrected chi connectivity index (χ4v) is 8.14. The van der Waals surface area contributed by atoms with Gasteiger partial charge in [-0.25, -0.2) is 23.1 Å². The number of para-hydroxylation sites is 1. The average molecular weight is 642 g/mol. The van der Waals surface area contributed by atoms with Gasteiger partial charge in [-0.05, 0) is 12.1 Å². The number of aliphatic hydroxyl groups is 2. The van der Waals surface area contributed by atoms with Crippen LogP contribution in [-0.2, 0) is 45.2 Å². The van der Waals surface area contributed by atoms with E-state index in [1.807, 2.05) is 5.32 Å². The van der Waals surface area contributed by atoms with Crippen LogP contribution in [-0.4, -0.2) is 84.3 Å². The Hall–Kier alpha value is -1.56. The van der Waals surface area contributed by atoms with Crippen molar-refractivity contribution in [2.45, 2.75) is 31.0 Å². The summed E-state index contributed by atoms with van der Waals surface area (Å²) in [4.78, 5) is 62.5. The van der Waals surface area contributed by atoms with Crippen LogP contribution < -0.4 is 9.84 Å². The monoisotopic (exact) mass is 642 g/mol. The van der Waals surface area contributed by atoms with Crippen LogP contribution in [0.2, 0.25) is 0 Å². The Labute approximate surface area is 218 Å². The minimum atomic E-state index is -6.05.